The molecule has 0 saturated heterocycles. The number of carboxylic acid groups (broad SMARTS) is 1. The largest absolute Gasteiger partial charge is 0.490 e. The Balaban J connectivity index is 0.00000157. The number of nitrogens with one attached hydrogen (secondary N) is 2. The van der Waals surface area contributed by atoms with Gasteiger partial charge in [-0.05, 0) is 41.7 Å². The Bertz CT molecular complexity index is 2130. The molecule has 5 amide bonds. The first kappa shape index (κ1) is 55.3. The molecule has 2 heterocycles. The summed E-state index contributed by atoms with van der Waals surface area (Å²) in [7, 11) is 0. The zero-order valence-electron chi connectivity index (χ0n) is 37.4. The van der Waals surface area contributed by atoms with E-state index in [1.807, 2.05) is 55.7 Å². The second-order valence-corrected chi connectivity index (χ2v) is 16.0. The Hall–Kier alpha value is -6.07. The number of ether oxygens (including phenoxy) is 3. The minimum atomic E-state index is -5.08. The Morgan fingerprint density at radius 3 is 2.00 bits per heavy atom. The van der Waals surface area contributed by atoms with Crippen molar-refractivity contribution in [3.05, 3.63) is 95.8 Å². The molecule has 0 spiro atoms. The van der Waals surface area contributed by atoms with Crippen molar-refractivity contribution in [3.63, 3.8) is 0 Å². The van der Waals surface area contributed by atoms with Crippen LogP contribution in [0.2, 0.25) is 0 Å². The summed E-state index contributed by atoms with van der Waals surface area (Å²) in [5.41, 5.74) is 7.65. The number of carbonyl (C=O) groups is 6. The molecule has 2 atom stereocenters. The van der Waals surface area contributed by atoms with Gasteiger partial charge in [-0.3, -0.25) is 28.9 Å². The van der Waals surface area contributed by atoms with Gasteiger partial charge in [-0.15, -0.1) is 0 Å². The minimum Gasteiger partial charge on any atom is -0.475 e. The van der Waals surface area contributed by atoms with E-state index in [9.17, 15) is 46.6 Å². The highest BCUT2D eigenvalue weighted by molar-refractivity contribution is 6.12. The molecule has 0 radical (unpaired) electrons. The van der Waals surface area contributed by atoms with Crippen LogP contribution >= 0.6 is 0 Å². The van der Waals surface area contributed by atoms with Crippen molar-refractivity contribution in [1.82, 2.24) is 25.0 Å². The molecule has 0 fully saturated rings. The first-order chi connectivity index (χ1) is 31.6. The van der Waals surface area contributed by atoms with E-state index >= 15 is 4.39 Å². The number of hydrogen-bond acceptors (Lipinski definition) is 11. The molecule has 3 aromatic rings. The van der Waals surface area contributed by atoms with Crippen LogP contribution in [0.1, 0.15) is 50.9 Å². The standard InChI is InChI=1S/C43H56F2N6O9.C2HF3O2/c1-43(2,3)41(36-25-31(33-26-32(44)9-10-34(33)45)28-49(36)27-30-7-5-4-6-8-30)51(40(56)29-52)17-13-35(46)42(57)48-16-15-47-37(53)14-19-58-21-23-60-24-22-59-20-18-50-38(54)11-12-39(50)55;3-2(4,5)1(6)7/h4-12,25-26,28,35,41,52H,13-24,27,29,46H2,1-3H3,(H,47,53)(H,48,57);(H,6,7). The number of halogens is 5. The summed E-state index contributed by atoms with van der Waals surface area (Å²) in [6.45, 7) is 7.22. The highest BCUT2D eigenvalue weighted by atomic mass is 19.4. The molecule has 2 aromatic carbocycles. The zero-order chi connectivity index (χ0) is 49.7. The molecular weight excluding hydrogens is 896 g/mol. The van der Waals surface area contributed by atoms with E-state index in [0.717, 1.165) is 28.7 Å². The summed E-state index contributed by atoms with van der Waals surface area (Å²) >= 11 is 0. The van der Waals surface area contributed by atoms with Crippen LogP contribution < -0.4 is 16.4 Å². The van der Waals surface area contributed by atoms with Gasteiger partial charge >= 0.3 is 12.1 Å². The first-order valence-electron chi connectivity index (χ1n) is 21.1. The second kappa shape index (κ2) is 26.9. The van der Waals surface area contributed by atoms with E-state index in [1.54, 1.807) is 12.3 Å². The number of amides is 5. The van der Waals surface area contributed by atoms with Gasteiger partial charge in [0.2, 0.25) is 17.7 Å². The molecule has 67 heavy (non-hydrogen) atoms. The lowest BCUT2D eigenvalue weighted by atomic mass is 9.82. The first-order valence-corrected chi connectivity index (χ1v) is 21.1. The maximum absolute atomic E-state index is 15.0. The van der Waals surface area contributed by atoms with E-state index in [2.05, 4.69) is 10.6 Å². The minimum absolute atomic E-state index is 0.00502. The number of nitrogens with zero attached hydrogens (tertiary/aromatic N) is 3. The van der Waals surface area contributed by atoms with Crippen LogP contribution in [-0.4, -0.2) is 145 Å². The van der Waals surface area contributed by atoms with Gasteiger partial charge in [0.25, 0.3) is 11.8 Å². The molecular formula is C45H57F5N6O11. The van der Waals surface area contributed by atoms with E-state index in [1.165, 1.54) is 17.1 Å². The van der Waals surface area contributed by atoms with Crippen molar-refractivity contribution in [1.29, 1.82) is 0 Å². The number of benzene rings is 2. The van der Waals surface area contributed by atoms with E-state index in [0.29, 0.717) is 24.4 Å². The van der Waals surface area contributed by atoms with Gasteiger partial charge in [-0.25, -0.2) is 13.6 Å². The molecule has 6 N–H and O–H groups in total. The smallest absolute Gasteiger partial charge is 0.475 e. The number of alkyl halides is 3. The fourth-order valence-corrected chi connectivity index (χ4v) is 6.63. The summed E-state index contributed by atoms with van der Waals surface area (Å²) in [5, 5.41) is 22.6. The van der Waals surface area contributed by atoms with Gasteiger partial charge in [0.15, 0.2) is 0 Å². The molecule has 0 saturated carbocycles. The predicted octanol–water partition coefficient (Wildman–Crippen LogP) is 3.34. The third-order valence-corrected chi connectivity index (χ3v) is 9.82. The lowest BCUT2D eigenvalue weighted by Crippen LogP contribution is -2.48. The van der Waals surface area contributed by atoms with Crippen molar-refractivity contribution in [2.24, 2.45) is 11.1 Å². The van der Waals surface area contributed by atoms with Crippen molar-refractivity contribution in [2.75, 3.05) is 72.4 Å². The van der Waals surface area contributed by atoms with E-state index < -0.39 is 59.7 Å². The Kier molecular flexibility index (Phi) is 22.2. The number of aliphatic hydroxyl groups excluding tert-OH is 1. The number of rotatable bonds is 25. The van der Waals surface area contributed by atoms with Crippen LogP contribution in [0.25, 0.3) is 11.1 Å². The molecule has 1 aliphatic rings. The lowest BCUT2D eigenvalue weighted by molar-refractivity contribution is -0.192. The van der Waals surface area contributed by atoms with Crippen LogP contribution in [0.4, 0.5) is 22.0 Å². The van der Waals surface area contributed by atoms with Gasteiger partial charge < -0.3 is 50.3 Å². The SMILES string of the molecule is CC(C)(C)C(c1cc(-c2cc(F)ccc2F)cn1Cc1ccccc1)N(CCC(N)C(=O)NCCNC(=O)CCOCCOCCOCCN1C(=O)C=CC1=O)C(=O)CO.O=C(O)C(F)(F)F. The number of hydrogen-bond donors (Lipinski definition) is 5. The molecule has 4 rings (SSSR count). The average Bonchev–Trinajstić information content (AvgIpc) is 3.83. The summed E-state index contributed by atoms with van der Waals surface area (Å²) < 4.78 is 79.2. The fourth-order valence-electron chi connectivity index (χ4n) is 6.63. The van der Waals surface area contributed by atoms with Crippen LogP contribution in [-0.2, 0) is 49.5 Å². The predicted molar refractivity (Wildman–Crippen MR) is 232 cm³/mol. The van der Waals surface area contributed by atoms with Gasteiger partial charge in [-0.1, -0.05) is 51.1 Å². The Labute approximate surface area is 384 Å². The van der Waals surface area contributed by atoms with E-state index in [-0.39, 0.29) is 95.3 Å². The van der Waals surface area contributed by atoms with Crippen molar-refractivity contribution >= 4 is 35.5 Å². The van der Waals surface area contributed by atoms with Gasteiger partial charge in [0.05, 0.1) is 58.3 Å². The van der Waals surface area contributed by atoms with Crippen molar-refractivity contribution in [2.45, 2.75) is 58.4 Å². The van der Waals surface area contributed by atoms with Gasteiger partial charge in [0.1, 0.15) is 18.2 Å². The molecule has 0 aliphatic carbocycles. The number of carbonyl (C=O) groups excluding carboxylic acids is 5. The van der Waals surface area contributed by atoms with Crippen molar-refractivity contribution in [3.8, 4) is 11.1 Å². The molecule has 1 aliphatic heterocycles. The number of nitrogens with two attached hydrogens (primary N) is 1. The summed E-state index contributed by atoms with van der Waals surface area (Å²) in [6, 6.07) is 12.8. The van der Waals surface area contributed by atoms with Crippen LogP contribution in [0.5, 0.6) is 0 Å². The Morgan fingerprint density at radius 1 is 0.836 bits per heavy atom. The van der Waals surface area contributed by atoms with Crippen LogP contribution in [0, 0.1) is 17.0 Å². The fraction of sp³-hybridized carbons (Fsp3) is 0.467. The van der Waals surface area contributed by atoms with Gasteiger partial charge in [-0.2, -0.15) is 13.2 Å². The molecule has 17 nitrogen and oxygen atoms in total. The number of aromatic nitrogens is 1. The molecule has 0 bridgehead atoms. The number of aliphatic hydroxyl groups is 1. The third-order valence-electron chi connectivity index (χ3n) is 9.82. The summed E-state index contributed by atoms with van der Waals surface area (Å²) in [4.78, 5) is 73.1. The maximum Gasteiger partial charge on any atom is 0.490 e. The maximum atomic E-state index is 15.0. The molecule has 368 valence electrons. The summed E-state index contributed by atoms with van der Waals surface area (Å²) in [5.74, 6) is -6.05. The Morgan fingerprint density at radius 2 is 1.42 bits per heavy atom. The molecule has 1 aromatic heterocycles. The molecule has 22 heteroatoms. The zero-order valence-corrected chi connectivity index (χ0v) is 37.4. The normalized spacial score (nSPS) is 13.5. The number of imide groups is 1. The quantitative estimate of drug-likeness (QED) is 0.0468. The highest BCUT2D eigenvalue weighted by Crippen LogP contribution is 2.41. The second-order valence-electron chi connectivity index (χ2n) is 16.0. The average molecular weight is 953 g/mol. The third kappa shape index (κ3) is 18.6. The number of carboxylic acids is 1. The monoisotopic (exact) mass is 952 g/mol. The lowest BCUT2D eigenvalue weighted by Gasteiger charge is -2.41. The van der Waals surface area contributed by atoms with Crippen LogP contribution in [0.15, 0.2) is 72.9 Å². The van der Waals surface area contributed by atoms with Crippen LogP contribution in [0.3, 0.4) is 0 Å². The van der Waals surface area contributed by atoms with Gasteiger partial charge in [0, 0.05) is 67.8 Å². The molecule has 2 unspecified atom stereocenters. The summed E-state index contributed by atoms with van der Waals surface area (Å²) in [6.07, 6.45) is -0.798. The van der Waals surface area contributed by atoms with E-state index in [4.69, 9.17) is 29.8 Å². The highest BCUT2D eigenvalue weighted by Gasteiger charge is 2.39. The number of aliphatic carboxylic acids is 1. The van der Waals surface area contributed by atoms with Crippen molar-refractivity contribution < 1.29 is 75.1 Å². The topological polar surface area (TPSA) is 232 Å².